The van der Waals surface area contributed by atoms with Crippen LogP contribution in [0.25, 0.3) is 0 Å². The summed E-state index contributed by atoms with van der Waals surface area (Å²) in [5.74, 6) is 1.74. The van der Waals surface area contributed by atoms with Crippen LogP contribution in [0.5, 0.6) is 0 Å². The highest BCUT2D eigenvalue weighted by molar-refractivity contribution is 14.0. The molecule has 1 aromatic carbocycles. The predicted octanol–water partition coefficient (Wildman–Crippen LogP) is 3.58. The minimum atomic E-state index is 0. The molecule has 1 unspecified atom stereocenters. The Balaban J connectivity index is 0.00000312. The lowest BCUT2D eigenvalue weighted by atomic mass is 10.1. The Morgan fingerprint density at radius 1 is 1.12 bits per heavy atom. The summed E-state index contributed by atoms with van der Waals surface area (Å²) in [5.41, 5.74) is 2.18. The molecule has 136 valence electrons. The zero-order chi connectivity index (χ0) is 17.4. The predicted molar refractivity (Wildman–Crippen MR) is 117 cm³/mol. The Labute approximate surface area is 168 Å². The Bertz CT molecular complexity index is 658. The highest BCUT2D eigenvalue weighted by Gasteiger charge is 2.07. The molecule has 0 saturated heterocycles. The van der Waals surface area contributed by atoms with Gasteiger partial charge in [0.2, 0.25) is 0 Å². The summed E-state index contributed by atoms with van der Waals surface area (Å²) in [7, 11) is 3.98. The van der Waals surface area contributed by atoms with Gasteiger partial charge in [0.25, 0.3) is 0 Å². The first kappa shape index (κ1) is 21.2. The Morgan fingerprint density at radius 3 is 2.48 bits per heavy atom. The summed E-state index contributed by atoms with van der Waals surface area (Å²) in [6, 6.07) is 16.5. The van der Waals surface area contributed by atoms with E-state index in [1.54, 1.807) is 0 Å². The molecule has 1 atom stereocenters. The molecular formula is C19H28IN5. The maximum absolute atomic E-state index is 4.66. The van der Waals surface area contributed by atoms with Crippen molar-refractivity contribution in [1.29, 1.82) is 0 Å². The van der Waals surface area contributed by atoms with Crippen molar-refractivity contribution in [3.05, 3.63) is 59.8 Å². The number of benzene rings is 1. The number of anilines is 1. The van der Waals surface area contributed by atoms with Crippen molar-refractivity contribution in [2.24, 2.45) is 4.99 Å². The fraction of sp³-hybridized carbons (Fsp3) is 0.368. The third-order valence-electron chi connectivity index (χ3n) is 3.65. The number of hydrogen-bond acceptors (Lipinski definition) is 3. The molecule has 6 heteroatoms. The molecule has 0 aliphatic heterocycles. The summed E-state index contributed by atoms with van der Waals surface area (Å²) >= 11 is 0. The van der Waals surface area contributed by atoms with Crippen molar-refractivity contribution in [3.8, 4) is 0 Å². The molecule has 0 aliphatic rings. The molecular weight excluding hydrogens is 425 g/mol. The maximum Gasteiger partial charge on any atom is 0.192 e. The topological polar surface area (TPSA) is 52.6 Å². The molecule has 2 N–H and O–H groups in total. The summed E-state index contributed by atoms with van der Waals surface area (Å²) in [6.45, 7) is 5.55. The van der Waals surface area contributed by atoms with Crippen molar-refractivity contribution in [1.82, 2.24) is 15.6 Å². The molecule has 0 amide bonds. The van der Waals surface area contributed by atoms with Gasteiger partial charge in [-0.2, -0.15) is 0 Å². The number of pyridine rings is 1. The van der Waals surface area contributed by atoms with E-state index in [2.05, 4.69) is 46.6 Å². The SMILES string of the molecule is CCNC(=NCc1cccc(N(C)C)n1)NC(C)c1ccccc1.I. The first-order chi connectivity index (χ1) is 11.6. The molecule has 2 aromatic rings. The quantitative estimate of drug-likeness (QED) is 0.399. The third-order valence-corrected chi connectivity index (χ3v) is 3.65. The summed E-state index contributed by atoms with van der Waals surface area (Å²) in [6.07, 6.45) is 0. The molecule has 0 spiro atoms. The lowest BCUT2D eigenvalue weighted by Crippen LogP contribution is -2.38. The number of hydrogen-bond donors (Lipinski definition) is 2. The summed E-state index contributed by atoms with van der Waals surface area (Å²) < 4.78 is 0. The van der Waals surface area contributed by atoms with Gasteiger partial charge in [-0.05, 0) is 31.5 Å². The zero-order valence-corrected chi connectivity index (χ0v) is 17.7. The second-order valence-electron chi connectivity index (χ2n) is 5.85. The summed E-state index contributed by atoms with van der Waals surface area (Å²) in [4.78, 5) is 11.3. The number of nitrogens with one attached hydrogen (secondary N) is 2. The van der Waals surface area contributed by atoms with Gasteiger partial charge in [0.15, 0.2) is 5.96 Å². The Kier molecular flexibility index (Phi) is 9.26. The maximum atomic E-state index is 4.66. The first-order valence-corrected chi connectivity index (χ1v) is 8.33. The fourth-order valence-corrected chi connectivity index (χ4v) is 2.31. The highest BCUT2D eigenvalue weighted by Crippen LogP contribution is 2.11. The van der Waals surface area contributed by atoms with Gasteiger partial charge in [-0.15, -0.1) is 24.0 Å². The molecule has 1 aromatic heterocycles. The zero-order valence-electron chi connectivity index (χ0n) is 15.4. The minimum Gasteiger partial charge on any atom is -0.363 e. The minimum absolute atomic E-state index is 0. The van der Waals surface area contributed by atoms with Crippen LogP contribution >= 0.6 is 24.0 Å². The molecule has 0 aliphatic carbocycles. The second-order valence-corrected chi connectivity index (χ2v) is 5.85. The molecule has 0 fully saturated rings. The van der Waals surface area contributed by atoms with Crippen molar-refractivity contribution < 1.29 is 0 Å². The highest BCUT2D eigenvalue weighted by atomic mass is 127. The molecule has 0 radical (unpaired) electrons. The van der Waals surface area contributed by atoms with Crippen LogP contribution in [0.1, 0.15) is 31.1 Å². The number of rotatable bonds is 6. The Hall–Kier alpha value is -1.83. The van der Waals surface area contributed by atoms with E-state index >= 15 is 0 Å². The van der Waals surface area contributed by atoms with Gasteiger partial charge < -0.3 is 15.5 Å². The Morgan fingerprint density at radius 2 is 1.84 bits per heavy atom. The number of nitrogens with zero attached hydrogens (tertiary/aromatic N) is 3. The van der Waals surface area contributed by atoms with E-state index in [1.807, 2.05) is 55.4 Å². The summed E-state index contributed by atoms with van der Waals surface area (Å²) in [5, 5.41) is 6.73. The van der Waals surface area contributed by atoms with E-state index < -0.39 is 0 Å². The molecule has 0 bridgehead atoms. The van der Waals surface area contributed by atoms with E-state index in [9.17, 15) is 0 Å². The van der Waals surface area contributed by atoms with Crippen LogP contribution < -0.4 is 15.5 Å². The molecule has 25 heavy (non-hydrogen) atoms. The van der Waals surface area contributed by atoms with Crippen molar-refractivity contribution >= 4 is 35.8 Å². The lowest BCUT2D eigenvalue weighted by molar-refractivity contribution is 0.685. The average molecular weight is 453 g/mol. The van der Waals surface area contributed by atoms with Gasteiger partial charge >= 0.3 is 0 Å². The molecule has 5 nitrogen and oxygen atoms in total. The third kappa shape index (κ3) is 6.89. The van der Waals surface area contributed by atoms with Crippen molar-refractivity contribution in [3.63, 3.8) is 0 Å². The number of aromatic nitrogens is 1. The van der Waals surface area contributed by atoms with Crippen LogP contribution in [0.4, 0.5) is 5.82 Å². The van der Waals surface area contributed by atoms with Gasteiger partial charge in [0.05, 0.1) is 18.3 Å². The lowest BCUT2D eigenvalue weighted by Gasteiger charge is -2.18. The average Bonchev–Trinajstić information content (AvgIpc) is 2.61. The number of guanidine groups is 1. The van der Waals surface area contributed by atoms with E-state index in [1.165, 1.54) is 5.56 Å². The van der Waals surface area contributed by atoms with Gasteiger partial charge in [-0.25, -0.2) is 9.98 Å². The monoisotopic (exact) mass is 453 g/mol. The standard InChI is InChI=1S/C19H27N5.HI/c1-5-20-19(22-15(2)16-10-7-6-8-11-16)21-14-17-12-9-13-18(23-17)24(3)4;/h6-13,15H,5,14H2,1-4H3,(H2,20,21,22);1H. The second kappa shape index (κ2) is 10.9. The molecule has 1 heterocycles. The van der Waals surface area contributed by atoms with Gasteiger partial charge in [0.1, 0.15) is 5.82 Å². The van der Waals surface area contributed by atoms with Crippen molar-refractivity contribution in [2.45, 2.75) is 26.4 Å². The van der Waals surface area contributed by atoms with Crippen LogP contribution in [0.15, 0.2) is 53.5 Å². The van der Waals surface area contributed by atoms with Gasteiger partial charge in [-0.1, -0.05) is 36.4 Å². The fourth-order valence-electron chi connectivity index (χ4n) is 2.31. The molecule has 2 rings (SSSR count). The molecule has 0 saturated carbocycles. The van der Waals surface area contributed by atoms with E-state index in [0.717, 1.165) is 24.0 Å². The van der Waals surface area contributed by atoms with E-state index in [0.29, 0.717) is 6.54 Å². The largest absolute Gasteiger partial charge is 0.363 e. The van der Waals surface area contributed by atoms with Crippen LogP contribution in [-0.4, -0.2) is 31.6 Å². The van der Waals surface area contributed by atoms with Crippen LogP contribution in [-0.2, 0) is 6.54 Å². The number of aliphatic imine (C=N–C) groups is 1. The van der Waals surface area contributed by atoms with E-state index in [-0.39, 0.29) is 30.0 Å². The van der Waals surface area contributed by atoms with Crippen molar-refractivity contribution in [2.75, 3.05) is 25.5 Å². The van der Waals surface area contributed by atoms with Crippen LogP contribution in [0.3, 0.4) is 0 Å². The van der Waals surface area contributed by atoms with Crippen LogP contribution in [0, 0.1) is 0 Å². The van der Waals surface area contributed by atoms with Gasteiger partial charge in [0, 0.05) is 20.6 Å². The van der Waals surface area contributed by atoms with Crippen LogP contribution in [0.2, 0.25) is 0 Å². The first-order valence-electron chi connectivity index (χ1n) is 8.33. The number of halogens is 1. The van der Waals surface area contributed by atoms with E-state index in [4.69, 9.17) is 0 Å². The smallest absolute Gasteiger partial charge is 0.192 e. The normalized spacial score (nSPS) is 12.1. The van der Waals surface area contributed by atoms with Gasteiger partial charge in [-0.3, -0.25) is 0 Å².